The number of amides is 1. The number of para-hydroxylation sites is 1. The van der Waals surface area contributed by atoms with Gasteiger partial charge in [-0.15, -0.1) is 0 Å². The lowest BCUT2D eigenvalue weighted by atomic mass is 9.68. The molecule has 1 amide bonds. The first-order valence-electron chi connectivity index (χ1n) is 14.0. The predicted octanol–water partition coefficient (Wildman–Crippen LogP) is 5.03. The molecular formula is C30H41N3O2. The second-order valence-corrected chi connectivity index (χ2v) is 11.3. The minimum Gasteiger partial charge on any atom is -0.383 e. The number of methoxy groups -OCH3 is 1. The van der Waals surface area contributed by atoms with Crippen molar-refractivity contribution in [2.24, 2.45) is 11.8 Å². The van der Waals surface area contributed by atoms with Crippen LogP contribution in [0, 0.1) is 11.8 Å². The smallest absolute Gasteiger partial charge is 0.223 e. The van der Waals surface area contributed by atoms with Gasteiger partial charge >= 0.3 is 0 Å². The van der Waals surface area contributed by atoms with Gasteiger partial charge in [0.25, 0.3) is 0 Å². The van der Waals surface area contributed by atoms with Crippen LogP contribution in [0.5, 0.6) is 0 Å². The number of likely N-dealkylation sites (tertiary alicyclic amines) is 1. The zero-order valence-corrected chi connectivity index (χ0v) is 21.3. The van der Waals surface area contributed by atoms with Crippen molar-refractivity contribution in [3.8, 4) is 0 Å². The molecule has 4 atom stereocenters. The Hall–Kier alpha value is -2.11. The number of nitrogens with zero attached hydrogens (tertiary/aromatic N) is 3. The number of benzene rings is 1. The van der Waals surface area contributed by atoms with Gasteiger partial charge in [-0.1, -0.05) is 36.3 Å². The molecule has 188 valence electrons. The number of rotatable bonds is 7. The zero-order chi connectivity index (χ0) is 23.8. The third kappa shape index (κ3) is 4.46. The van der Waals surface area contributed by atoms with Crippen molar-refractivity contribution in [2.45, 2.75) is 76.4 Å². The van der Waals surface area contributed by atoms with E-state index in [1.165, 1.54) is 61.7 Å². The Morgan fingerprint density at radius 3 is 2.97 bits per heavy atom. The molecule has 3 fully saturated rings. The number of carbonyl (C=O) groups is 1. The van der Waals surface area contributed by atoms with Crippen LogP contribution in [-0.4, -0.2) is 65.7 Å². The van der Waals surface area contributed by atoms with E-state index in [-0.39, 0.29) is 0 Å². The van der Waals surface area contributed by atoms with Gasteiger partial charge in [0, 0.05) is 56.3 Å². The van der Waals surface area contributed by atoms with E-state index in [1.54, 1.807) is 12.7 Å². The van der Waals surface area contributed by atoms with E-state index in [1.807, 2.05) is 0 Å². The van der Waals surface area contributed by atoms with Crippen molar-refractivity contribution >= 4 is 16.8 Å². The Morgan fingerprint density at radius 2 is 2.06 bits per heavy atom. The van der Waals surface area contributed by atoms with Gasteiger partial charge in [-0.2, -0.15) is 0 Å². The summed E-state index contributed by atoms with van der Waals surface area (Å²) < 4.78 is 7.61. The molecule has 2 bridgehead atoms. The summed E-state index contributed by atoms with van der Waals surface area (Å²) >= 11 is 0. The van der Waals surface area contributed by atoms with E-state index in [0.29, 0.717) is 30.9 Å². The molecule has 2 aromatic rings. The molecule has 1 aliphatic carbocycles. The summed E-state index contributed by atoms with van der Waals surface area (Å²) in [4.78, 5) is 18.6. The Labute approximate surface area is 210 Å². The number of aryl methyl sites for hydroxylation is 1. The monoisotopic (exact) mass is 475 g/mol. The van der Waals surface area contributed by atoms with Crippen LogP contribution >= 0.6 is 0 Å². The summed E-state index contributed by atoms with van der Waals surface area (Å²) in [6, 6.07) is 9.76. The molecule has 1 aromatic carbocycles. The van der Waals surface area contributed by atoms with E-state index in [0.717, 1.165) is 44.3 Å². The number of aromatic nitrogens is 1. The largest absolute Gasteiger partial charge is 0.383 e. The van der Waals surface area contributed by atoms with Crippen molar-refractivity contribution < 1.29 is 9.53 Å². The first-order chi connectivity index (χ1) is 17.2. The van der Waals surface area contributed by atoms with Gasteiger partial charge in [-0.3, -0.25) is 9.69 Å². The lowest BCUT2D eigenvalue weighted by Gasteiger charge is -2.54. The van der Waals surface area contributed by atoms with Crippen LogP contribution in [0.1, 0.15) is 56.9 Å². The summed E-state index contributed by atoms with van der Waals surface area (Å²) in [5.74, 6) is 1.74. The summed E-state index contributed by atoms with van der Waals surface area (Å²) in [5, 5.41) is 1.32. The molecule has 5 heteroatoms. The summed E-state index contributed by atoms with van der Waals surface area (Å²) in [5.41, 5.74) is 4.21. The van der Waals surface area contributed by atoms with Crippen molar-refractivity contribution in [3.63, 3.8) is 0 Å². The maximum absolute atomic E-state index is 13.6. The van der Waals surface area contributed by atoms with Crippen LogP contribution in [-0.2, 0) is 22.5 Å². The van der Waals surface area contributed by atoms with Crippen LogP contribution in [0.25, 0.3) is 10.9 Å². The number of fused-ring (bicyclic) bond motifs is 7. The lowest BCUT2D eigenvalue weighted by molar-refractivity contribution is -0.136. The summed E-state index contributed by atoms with van der Waals surface area (Å²) in [6.45, 7) is 4.99. The van der Waals surface area contributed by atoms with E-state index in [2.05, 4.69) is 50.9 Å². The fourth-order valence-electron chi connectivity index (χ4n) is 7.72. The van der Waals surface area contributed by atoms with Crippen LogP contribution in [0.2, 0.25) is 0 Å². The van der Waals surface area contributed by atoms with Gasteiger partial charge in [0.15, 0.2) is 0 Å². The Kier molecular flexibility index (Phi) is 6.72. The molecule has 5 nitrogen and oxygen atoms in total. The third-order valence-electron chi connectivity index (χ3n) is 9.22. The molecule has 6 rings (SSSR count). The fourth-order valence-corrected chi connectivity index (χ4v) is 7.72. The normalized spacial score (nSPS) is 28.5. The quantitative estimate of drug-likeness (QED) is 0.527. The highest BCUT2D eigenvalue weighted by molar-refractivity contribution is 5.84. The molecule has 0 radical (unpaired) electrons. The van der Waals surface area contributed by atoms with Gasteiger partial charge in [0.1, 0.15) is 0 Å². The second kappa shape index (κ2) is 10.1. The SMILES string of the molecule is COCCn1cc(CCCC(=O)N2CCCC3=C[C@H]4C[C@@H](CN5CCCCC45)C32)c2ccccc21. The molecule has 0 spiro atoms. The molecule has 0 saturated carbocycles. The Morgan fingerprint density at radius 1 is 1.14 bits per heavy atom. The number of carbonyl (C=O) groups excluding carboxylic acids is 1. The molecule has 3 aliphatic heterocycles. The highest BCUT2D eigenvalue weighted by Gasteiger charge is 2.46. The molecule has 3 saturated heterocycles. The van der Waals surface area contributed by atoms with Crippen molar-refractivity contribution in [1.82, 2.24) is 14.4 Å². The van der Waals surface area contributed by atoms with Crippen LogP contribution in [0.15, 0.2) is 42.1 Å². The number of hydrogen-bond acceptors (Lipinski definition) is 3. The fraction of sp³-hybridized carbons (Fsp3) is 0.633. The van der Waals surface area contributed by atoms with E-state index < -0.39 is 0 Å². The Bertz CT molecular complexity index is 1090. The molecule has 4 heterocycles. The maximum Gasteiger partial charge on any atom is 0.223 e. The highest BCUT2D eigenvalue weighted by Crippen LogP contribution is 2.45. The average Bonchev–Trinajstić information content (AvgIpc) is 3.24. The maximum atomic E-state index is 13.6. The van der Waals surface area contributed by atoms with Crippen LogP contribution in [0.4, 0.5) is 0 Å². The van der Waals surface area contributed by atoms with Gasteiger partial charge in [-0.05, 0) is 75.0 Å². The van der Waals surface area contributed by atoms with E-state index in [9.17, 15) is 4.79 Å². The van der Waals surface area contributed by atoms with Gasteiger partial charge in [0.05, 0.1) is 12.6 Å². The number of hydrogen-bond donors (Lipinski definition) is 0. The molecule has 2 unspecified atom stereocenters. The second-order valence-electron chi connectivity index (χ2n) is 11.3. The van der Waals surface area contributed by atoms with Crippen molar-refractivity contribution in [1.29, 1.82) is 0 Å². The predicted molar refractivity (Wildman–Crippen MR) is 140 cm³/mol. The molecule has 35 heavy (non-hydrogen) atoms. The first-order valence-corrected chi connectivity index (χ1v) is 14.0. The average molecular weight is 476 g/mol. The zero-order valence-electron chi connectivity index (χ0n) is 21.3. The van der Waals surface area contributed by atoms with Gasteiger partial charge in [0.2, 0.25) is 5.91 Å². The lowest BCUT2D eigenvalue weighted by Crippen LogP contribution is -2.60. The minimum absolute atomic E-state index is 0.367. The van der Waals surface area contributed by atoms with Gasteiger partial charge < -0.3 is 14.2 Å². The molecule has 1 aromatic heterocycles. The Balaban J connectivity index is 1.13. The summed E-state index contributed by atoms with van der Waals surface area (Å²) in [6.07, 6.45) is 15.2. The standard InChI is InChI=1S/C30H41N3O2/c1-35-17-16-32-20-23(26-10-2-3-12-28(26)32)8-6-13-29(34)33-15-7-9-22-18-24-19-25(30(22)33)21-31-14-5-4-11-27(24)31/h2-3,10,12,18,20,24-25,27,30H,4-9,11,13-17,19,21H2,1H3/t24-,25-,27?,30?/m0/s1. The minimum atomic E-state index is 0.367. The highest BCUT2D eigenvalue weighted by atomic mass is 16.5. The van der Waals surface area contributed by atoms with Gasteiger partial charge in [-0.25, -0.2) is 0 Å². The van der Waals surface area contributed by atoms with Crippen molar-refractivity contribution in [3.05, 3.63) is 47.7 Å². The first kappa shape index (κ1) is 23.3. The van der Waals surface area contributed by atoms with E-state index >= 15 is 0 Å². The molecule has 4 aliphatic rings. The van der Waals surface area contributed by atoms with Crippen LogP contribution in [0.3, 0.4) is 0 Å². The van der Waals surface area contributed by atoms with Crippen molar-refractivity contribution in [2.75, 3.05) is 33.4 Å². The third-order valence-corrected chi connectivity index (χ3v) is 9.22. The number of ether oxygens (including phenoxy) is 1. The molecular weight excluding hydrogens is 434 g/mol. The topological polar surface area (TPSA) is 37.7 Å². The summed E-state index contributed by atoms with van der Waals surface area (Å²) in [7, 11) is 1.75. The molecule has 0 N–H and O–H groups in total. The van der Waals surface area contributed by atoms with Crippen LogP contribution < -0.4 is 0 Å². The number of piperidine rings is 3. The van der Waals surface area contributed by atoms with E-state index in [4.69, 9.17) is 4.74 Å².